The minimum absolute atomic E-state index is 0.184. The molecule has 2 aromatic rings. The Morgan fingerprint density at radius 1 is 1.12 bits per heavy atom. The molecule has 0 fully saturated rings. The molecular formula is C17H15BrF2N2O2. The molecule has 0 saturated heterocycles. The highest BCUT2D eigenvalue weighted by Crippen LogP contribution is 2.17. The Morgan fingerprint density at radius 3 is 2.46 bits per heavy atom. The average molecular weight is 397 g/mol. The minimum atomic E-state index is -1.03. The summed E-state index contributed by atoms with van der Waals surface area (Å²) in [5.41, 5.74) is 6.46. The van der Waals surface area contributed by atoms with Crippen LogP contribution in [0.1, 0.15) is 11.1 Å². The van der Waals surface area contributed by atoms with Crippen molar-refractivity contribution in [3.63, 3.8) is 0 Å². The number of nitrogens with one attached hydrogen (secondary N) is 1. The number of nitrogens with two attached hydrogens (primary N) is 1. The van der Waals surface area contributed by atoms with E-state index in [4.69, 9.17) is 5.73 Å². The first-order valence-corrected chi connectivity index (χ1v) is 7.92. The van der Waals surface area contributed by atoms with E-state index in [1.165, 1.54) is 6.07 Å². The van der Waals surface area contributed by atoms with Gasteiger partial charge in [-0.1, -0.05) is 40.2 Å². The predicted octanol–water partition coefficient (Wildman–Crippen LogP) is 2.48. The fraction of sp³-hybridized carbons (Fsp3) is 0.176. The van der Waals surface area contributed by atoms with E-state index in [-0.39, 0.29) is 12.8 Å². The van der Waals surface area contributed by atoms with Gasteiger partial charge in [0.2, 0.25) is 11.8 Å². The van der Waals surface area contributed by atoms with Crippen molar-refractivity contribution in [2.75, 3.05) is 0 Å². The Bertz CT molecular complexity index is 768. The van der Waals surface area contributed by atoms with E-state index in [0.29, 0.717) is 5.56 Å². The summed E-state index contributed by atoms with van der Waals surface area (Å²) >= 11 is 3.37. The third kappa shape index (κ3) is 4.86. The molecule has 7 heteroatoms. The first kappa shape index (κ1) is 18.1. The number of halogens is 3. The highest BCUT2D eigenvalue weighted by Gasteiger charge is 2.20. The Hall–Kier alpha value is -2.28. The summed E-state index contributed by atoms with van der Waals surface area (Å²) in [5, 5.41) is 2.52. The lowest BCUT2D eigenvalue weighted by Gasteiger charge is -2.16. The van der Waals surface area contributed by atoms with Gasteiger partial charge in [-0.15, -0.1) is 0 Å². The Morgan fingerprint density at radius 2 is 1.83 bits per heavy atom. The zero-order valence-corrected chi connectivity index (χ0v) is 14.1. The summed E-state index contributed by atoms with van der Waals surface area (Å²) in [4.78, 5) is 23.6. The normalized spacial score (nSPS) is 11.8. The predicted molar refractivity (Wildman–Crippen MR) is 89.0 cm³/mol. The molecule has 2 amide bonds. The van der Waals surface area contributed by atoms with E-state index < -0.39 is 29.5 Å². The van der Waals surface area contributed by atoms with E-state index in [1.54, 1.807) is 6.07 Å². The average Bonchev–Trinajstić information content (AvgIpc) is 2.52. The molecule has 0 aliphatic carbocycles. The number of hydrogen-bond donors (Lipinski definition) is 2. The number of benzene rings is 2. The Balaban J connectivity index is 2.04. The van der Waals surface area contributed by atoms with Crippen molar-refractivity contribution in [2.45, 2.75) is 18.9 Å². The standard InChI is InChI=1S/C17H15BrF2N2O2/c18-12-4-2-1-3-11(12)9-15(17(21)24)22-16(23)8-10-5-6-13(19)14(20)7-10/h1-7,15H,8-9H2,(H2,21,24)(H,22,23)/t15-/m1/s1. The largest absolute Gasteiger partial charge is 0.368 e. The summed E-state index contributed by atoms with van der Waals surface area (Å²) in [7, 11) is 0. The molecule has 0 aliphatic heterocycles. The summed E-state index contributed by atoms with van der Waals surface area (Å²) in [6.07, 6.45) is 0.0389. The Labute approximate surface area is 146 Å². The zero-order chi connectivity index (χ0) is 17.7. The number of hydrogen-bond acceptors (Lipinski definition) is 2. The molecule has 0 spiro atoms. The van der Waals surface area contributed by atoms with Crippen LogP contribution in [0.2, 0.25) is 0 Å². The van der Waals surface area contributed by atoms with Crippen LogP contribution >= 0.6 is 15.9 Å². The molecule has 24 heavy (non-hydrogen) atoms. The smallest absolute Gasteiger partial charge is 0.240 e. The summed E-state index contributed by atoms with van der Waals surface area (Å²) < 4.78 is 26.9. The maximum atomic E-state index is 13.2. The highest BCUT2D eigenvalue weighted by molar-refractivity contribution is 9.10. The third-order valence-corrected chi connectivity index (χ3v) is 4.18. The first-order valence-electron chi connectivity index (χ1n) is 7.13. The maximum Gasteiger partial charge on any atom is 0.240 e. The topological polar surface area (TPSA) is 72.2 Å². The SMILES string of the molecule is NC(=O)[C@@H](Cc1ccccc1Br)NC(=O)Cc1ccc(F)c(F)c1. The fourth-order valence-corrected chi connectivity index (χ4v) is 2.63. The van der Waals surface area contributed by atoms with Crippen LogP contribution in [0.15, 0.2) is 46.9 Å². The van der Waals surface area contributed by atoms with Crippen molar-refractivity contribution in [3.8, 4) is 0 Å². The van der Waals surface area contributed by atoms with Gasteiger partial charge in [-0.2, -0.15) is 0 Å². The van der Waals surface area contributed by atoms with E-state index >= 15 is 0 Å². The molecule has 0 saturated carbocycles. The van der Waals surface area contributed by atoms with E-state index in [0.717, 1.165) is 22.2 Å². The van der Waals surface area contributed by atoms with Crippen molar-refractivity contribution >= 4 is 27.7 Å². The van der Waals surface area contributed by atoms with Crippen molar-refractivity contribution < 1.29 is 18.4 Å². The van der Waals surface area contributed by atoms with E-state index in [1.807, 2.05) is 18.2 Å². The van der Waals surface area contributed by atoms with Crippen LogP contribution in [0.3, 0.4) is 0 Å². The van der Waals surface area contributed by atoms with Gasteiger partial charge in [0.25, 0.3) is 0 Å². The number of amides is 2. The van der Waals surface area contributed by atoms with Crippen molar-refractivity contribution in [3.05, 3.63) is 69.7 Å². The second-order valence-corrected chi connectivity index (χ2v) is 6.10. The molecule has 126 valence electrons. The summed E-state index contributed by atoms with van der Waals surface area (Å²) in [6.45, 7) is 0. The monoisotopic (exact) mass is 396 g/mol. The summed E-state index contributed by atoms with van der Waals surface area (Å²) in [6, 6.07) is 9.56. The molecule has 2 aromatic carbocycles. The molecule has 0 heterocycles. The lowest BCUT2D eigenvalue weighted by Crippen LogP contribution is -2.46. The van der Waals surface area contributed by atoms with Crippen LogP contribution in [0.25, 0.3) is 0 Å². The number of primary amides is 1. The quantitative estimate of drug-likeness (QED) is 0.786. The molecular weight excluding hydrogens is 382 g/mol. The lowest BCUT2D eigenvalue weighted by molar-refractivity contribution is -0.127. The molecule has 0 unspecified atom stereocenters. The van der Waals surface area contributed by atoms with Crippen LogP contribution < -0.4 is 11.1 Å². The van der Waals surface area contributed by atoms with Gasteiger partial charge in [-0.25, -0.2) is 8.78 Å². The zero-order valence-electron chi connectivity index (χ0n) is 12.6. The molecule has 0 aromatic heterocycles. The van der Waals surface area contributed by atoms with Crippen molar-refractivity contribution in [2.24, 2.45) is 5.73 Å². The minimum Gasteiger partial charge on any atom is -0.368 e. The van der Waals surface area contributed by atoms with Crippen molar-refractivity contribution in [1.29, 1.82) is 0 Å². The molecule has 0 radical (unpaired) electrons. The van der Waals surface area contributed by atoms with Gasteiger partial charge in [0.15, 0.2) is 11.6 Å². The van der Waals surface area contributed by atoms with Gasteiger partial charge in [-0.3, -0.25) is 9.59 Å². The van der Waals surface area contributed by atoms with Crippen molar-refractivity contribution in [1.82, 2.24) is 5.32 Å². The van der Waals surface area contributed by atoms with Crippen LogP contribution in [-0.4, -0.2) is 17.9 Å². The second kappa shape index (κ2) is 8.01. The lowest BCUT2D eigenvalue weighted by atomic mass is 10.0. The maximum absolute atomic E-state index is 13.2. The van der Waals surface area contributed by atoms with Gasteiger partial charge in [0.05, 0.1) is 6.42 Å². The number of carbonyl (C=O) groups is 2. The van der Waals surface area contributed by atoms with Crippen LogP contribution in [-0.2, 0) is 22.4 Å². The summed E-state index contributed by atoms with van der Waals surface area (Å²) in [5.74, 6) is -3.19. The van der Waals surface area contributed by atoms with E-state index in [9.17, 15) is 18.4 Å². The van der Waals surface area contributed by atoms with E-state index in [2.05, 4.69) is 21.2 Å². The first-order chi connectivity index (χ1) is 11.4. The van der Waals surface area contributed by atoms with Gasteiger partial charge in [0.1, 0.15) is 6.04 Å². The van der Waals surface area contributed by atoms with Crippen LogP contribution in [0.5, 0.6) is 0 Å². The molecule has 0 bridgehead atoms. The van der Waals surface area contributed by atoms with Gasteiger partial charge in [-0.05, 0) is 29.3 Å². The van der Waals surface area contributed by atoms with Crippen LogP contribution in [0, 0.1) is 11.6 Å². The van der Waals surface area contributed by atoms with Gasteiger partial charge < -0.3 is 11.1 Å². The van der Waals surface area contributed by atoms with Gasteiger partial charge in [0, 0.05) is 10.9 Å². The molecule has 4 nitrogen and oxygen atoms in total. The molecule has 3 N–H and O–H groups in total. The second-order valence-electron chi connectivity index (χ2n) is 5.24. The molecule has 0 aliphatic rings. The van der Waals surface area contributed by atoms with Gasteiger partial charge >= 0.3 is 0 Å². The fourth-order valence-electron chi connectivity index (χ4n) is 2.19. The molecule has 1 atom stereocenters. The Kier molecular flexibility index (Phi) is 6.03. The highest BCUT2D eigenvalue weighted by atomic mass is 79.9. The van der Waals surface area contributed by atoms with Crippen LogP contribution in [0.4, 0.5) is 8.78 Å². The number of rotatable bonds is 6. The number of carbonyl (C=O) groups excluding carboxylic acids is 2. The third-order valence-electron chi connectivity index (χ3n) is 3.41. The molecule has 2 rings (SSSR count).